The van der Waals surface area contributed by atoms with Crippen molar-refractivity contribution in [1.29, 1.82) is 0 Å². The van der Waals surface area contributed by atoms with Crippen molar-refractivity contribution in [3.05, 3.63) is 0 Å². The standard InChI is InChI=1S/C5H10O2.2C4H9.CH3.Sn/c1-2-3-4-5(6)7;2*1-3-4-2;;/h2-4H2,1H3,(H,6,7);2*1,3-4H2,2H3;1H3;/q;;;;+1/p-1. The van der Waals surface area contributed by atoms with Crippen LogP contribution >= 0.6 is 0 Å². The van der Waals surface area contributed by atoms with Crippen molar-refractivity contribution >= 4 is 24.8 Å². The number of rotatable bonds is 10. The van der Waals surface area contributed by atoms with Crippen LogP contribution in [0.25, 0.3) is 0 Å². The molecule has 0 atom stereocenters. The van der Waals surface area contributed by atoms with Gasteiger partial charge in [-0.05, 0) is 0 Å². The molecule has 0 fully saturated rings. The third kappa shape index (κ3) is 8.92. The fourth-order valence-electron chi connectivity index (χ4n) is 1.98. The van der Waals surface area contributed by atoms with E-state index < -0.39 is 18.8 Å². The maximum absolute atomic E-state index is 11.8. The molecule has 0 bridgehead atoms. The zero-order valence-electron chi connectivity index (χ0n) is 12.2. The SMILES string of the molecule is CCCCC(=O)[O][Sn]([CH3])([CH2]CCC)[CH2]CCC. The zero-order valence-corrected chi connectivity index (χ0v) is 15.0. The molecule has 0 N–H and O–H groups in total. The molecule has 0 aliphatic heterocycles. The van der Waals surface area contributed by atoms with Gasteiger partial charge in [-0.1, -0.05) is 0 Å². The van der Waals surface area contributed by atoms with Crippen LogP contribution in [0.15, 0.2) is 0 Å². The maximum atomic E-state index is 11.8. The van der Waals surface area contributed by atoms with Crippen LogP contribution in [0.2, 0.25) is 13.8 Å². The number of carbonyl (C=O) groups is 1. The van der Waals surface area contributed by atoms with E-state index in [1.54, 1.807) is 0 Å². The molecule has 0 saturated heterocycles. The fraction of sp³-hybridized carbons (Fsp3) is 0.929. The normalized spacial score (nSPS) is 11.5. The summed E-state index contributed by atoms with van der Waals surface area (Å²) < 4.78 is 8.34. The molecule has 0 unspecified atom stereocenters. The van der Waals surface area contributed by atoms with E-state index in [4.69, 9.17) is 3.07 Å². The predicted octanol–water partition coefficient (Wildman–Crippen LogP) is 4.90. The molecule has 0 aromatic carbocycles. The molecule has 0 radical (unpaired) electrons. The van der Waals surface area contributed by atoms with Crippen LogP contribution in [0.4, 0.5) is 0 Å². The molecule has 3 heteroatoms. The van der Waals surface area contributed by atoms with E-state index in [0.717, 1.165) is 12.8 Å². The van der Waals surface area contributed by atoms with Gasteiger partial charge in [0.1, 0.15) is 0 Å². The van der Waals surface area contributed by atoms with Gasteiger partial charge in [-0.15, -0.1) is 0 Å². The van der Waals surface area contributed by atoms with E-state index in [-0.39, 0.29) is 5.97 Å². The molecule has 102 valence electrons. The number of hydrogen-bond acceptors (Lipinski definition) is 2. The summed E-state index contributed by atoms with van der Waals surface area (Å²) in [5.41, 5.74) is 0. The molecule has 0 rings (SSSR count). The second-order valence-corrected chi connectivity index (χ2v) is 16.9. The van der Waals surface area contributed by atoms with Gasteiger partial charge >= 0.3 is 112 Å². The van der Waals surface area contributed by atoms with Crippen molar-refractivity contribution in [2.75, 3.05) is 0 Å². The van der Waals surface area contributed by atoms with Crippen LogP contribution in [-0.2, 0) is 7.87 Å². The summed E-state index contributed by atoms with van der Waals surface area (Å²) in [6, 6.07) is 0. The van der Waals surface area contributed by atoms with E-state index >= 15 is 0 Å². The first-order valence-electron chi connectivity index (χ1n) is 7.29. The van der Waals surface area contributed by atoms with Crippen LogP contribution in [-0.4, -0.2) is 24.8 Å². The third-order valence-corrected chi connectivity index (χ3v) is 13.3. The van der Waals surface area contributed by atoms with Crippen LogP contribution in [0, 0.1) is 0 Å². The van der Waals surface area contributed by atoms with Crippen molar-refractivity contribution in [2.24, 2.45) is 0 Å². The molecule has 0 amide bonds. The first-order chi connectivity index (χ1) is 8.08. The van der Waals surface area contributed by atoms with Crippen molar-refractivity contribution in [3.8, 4) is 0 Å². The van der Waals surface area contributed by atoms with Crippen molar-refractivity contribution in [2.45, 2.75) is 79.5 Å². The average molecular weight is 349 g/mol. The molecule has 0 aliphatic carbocycles. The zero-order chi connectivity index (χ0) is 13.1. The number of unbranched alkanes of at least 4 members (excludes halogenated alkanes) is 3. The minimum atomic E-state index is -2.54. The Labute approximate surface area is 112 Å². The summed E-state index contributed by atoms with van der Waals surface area (Å²) in [7, 11) is 0. The van der Waals surface area contributed by atoms with Gasteiger partial charge in [-0.2, -0.15) is 0 Å². The van der Waals surface area contributed by atoms with Gasteiger partial charge in [0.15, 0.2) is 0 Å². The van der Waals surface area contributed by atoms with E-state index in [9.17, 15) is 4.79 Å². The van der Waals surface area contributed by atoms with E-state index in [1.807, 2.05) is 0 Å². The molecule has 0 aromatic rings. The van der Waals surface area contributed by atoms with Crippen molar-refractivity contribution in [1.82, 2.24) is 0 Å². The number of hydrogen-bond donors (Lipinski definition) is 0. The van der Waals surface area contributed by atoms with Gasteiger partial charge in [0, 0.05) is 0 Å². The van der Waals surface area contributed by atoms with E-state index in [0.29, 0.717) is 6.42 Å². The van der Waals surface area contributed by atoms with Gasteiger partial charge in [0.25, 0.3) is 0 Å². The molecule has 0 saturated carbocycles. The molecule has 0 spiro atoms. The third-order valence-electron chi connectivity index (χ3n) is 3.21. The summed E-state index contributed by atoms with van der Waals surface area (Å²) in [5, 5.41) is 0. The summed E-state index contributed by atoms with van der Waals surface area (Å²) >= 11 is -2.54. The molecule has 2 nitrogen and oxygen atoms in total. The minimum absolute atomic E-state index is 0.0809. The van der Waals surface area contributed by atoms with Crippen LogP contribution in [0.3, 0.4) is 0 Å². The molecular weight excluding hydrogens is 319 g/mol. The van der Waals surface area contributed by atoms with E-state index in [2.05, 4.69) is 25.7 Å². The van der Waals surface area contributed by atoms with Crippen molar-refractivity contribution in [3.63, 3.8) is 0 Å². The molecule has 17 heavy (non-hydrogen) atoms. The Morgan fingerprint density at radius 1 is 0.941 bits per heavy atom. The predicted molar refractivity (Wildman–Crippen MR) is 76.7 cm³/mol. The Kier molecular flexibility index (Phi) is 10.4. The van der Waals surface area contributed by atoms with Gasteiger partial charge < -0.3 is 0 Å². The van der Waals surface area contributed by atoms with Crippen LogP contribution in [0.5, 0.6) is 0 Å². The van der Waals surface area contributed by atoms with Crippen LogP contribution in [0.1, 0.15) is 65.7 Å². The van der Waals surface area contributed by atoms with Gasteiger partial charge in [-0.25, -0.2) is 0 Å². The van der Waals surface area contributed by atoms with E-state index in [1.165, 1.54) is 34.6 Å². The molecule has 0 aliphatic rings. The summed E-state index contributed by atoms with van der Waals surface area (Å²) in [5.74, 6) is 0.0809. The van der Waals surface area contributed by atoms with Gasteiger partial charge in [-0.3, -0.25) is 0 Å². The second kappa shape index (κ2) is 10.2. The average Bonchev–Trinajstić information content (AvgIpc) is 2.31. The van der Waals surface area contributed by atoms with Gasteiger partial charge in [0.05, 0.1) is 0 Å². The quantitative estimate of drug-likeness (QED) is 0.525. The Bertz CT molecular complexity index is 196. The summed E-state index contributed by atoms with van der Waals surface area (Å²) in [6.45, 7) is 6.54. The Balaban J connectivity index is 4.19. The Morgan fingerprint density at radius 3 is 1.82 bits per heavy atom. The Hall–Kier alpha value is 0.269. The first-order valence-corrected chi connectivity index (χ1v) is 15.3. The van der Waals surface area contributed by atoms with Crippen LogP contribution < -0.4 is 0 Å². The van der Waals surface area contributed by atoms with Crippen molar-refractivity contribution < 1.29 is 7.87 Å². The summed E-state index contributed by atoms with van der Waals surface area (Å²) in [6.07, 6.45) is 7.57. The topological polar surface area (TPSA) is 26.3 Å². The fourth-order valence-corrected chi connectivity index (χ4v) is 11.4. The Morgan fingerprint density at radius 2 is 1.41 bits per heavy atom. The second-order valence-electron chi connectivity index (χ2n) is 5.23. The molecule has 0 heterocycles. The molecular formula is C14H30O2Sn. The first kappa shape index (κ1) is 17.3. The molecule has 0 aromatic heterocycles. The monoisotopic (exact) mass is 350 g/mol. The number of carbonyl (C=O) groups excluding carboxylic acids is 1. The van der Waals surface area contributed by atoms with Gasteiger partial charge in [0.2, 0.25) is 0 Å². The summed E-state index contributed by atoms with van der Waals surface area (Å²) in [4.78, 5) is 14.1.